The van der Waals surface area contributed by atoms with Gasteiger partial charge in [0.25, 0.3) is 0 Å². The quantitative estimate of drug-likeness (QED) is 0.914. The molecule has 0 radical (unpaired) electrons. The summed E-state index contributed by atoms with van der Waals surface area (Å²) in [6.45, 7) is 11.2. The molecule has 0 spiro atoms. The third kappa shape index (κ3) is 5.86. The van der Waals surface area contributed by atoms with Crippen LogP contribution < -0.4 is 5.32 Å². The molecule has 1 aliphatic heterocycles. The Morgan fingerprint density at radius 3 is 2.75 bits per heavy atom. The zero-order chi connectivity index (χ0) is 14.4. The van der Waals surface area contributed by atoms with Crippen molar-refractivity contribution in [1.29, 1.82) is 0 Å². The van der Waals surface area contributed by atoms with Gasteiger partial charge in [-0.15, -0.1) is 0 Å². The Morgan fingerprint density at radius 1 is 1.15 bits per heavy atom. The van der Waals surface area contributed by atoms with Gasteiger partial charge in [-0.3, -0.25) is 4.90 Å². The number of rotatable bonds is 4. The molecule has 0 bridgehead atoms. The Bertz CT molecular complexity index is 404. The molecule has 1 fully saturated rings. The second kappa shape index (κ2) is 7.48. The maximum Gasteiger partial charge on any atom is 0.0234 e. The van der Waals surface area contributed by atoms with Gasteiger partial charge in [0, 0.05) is 30.9 Å². The van der Waals surface area contributed by atoms with Crippen molar-refractivity contribution in [2.75, 3.05) is 24.6 Å². The Kier molecular flexibility index (Phi) is 5.94. The van der Waals surface area contributed by atoms with Gasteiger partial charge in [-0.1, -0.05) is 24.3 Å². The first-order valence-electron chi connectivity index (χ1n) is 7.66. The van der Waals surface area contributed by atoms with E-state index in [1.54, 1.807) is 0 Å². The molecule has 2 rings (SSSR count). The van der Waals surface area contributed by atoms with E-state index >= 15 is 0 Å². The minimum absolute atomic E-state index is 0.179. The van der Waals surface area contributed by atoms with E-state index in [-0.39, 0.29) is 5.54 Å². The molecule has 20 heavy (non-hydrogen) atoms. The normalized spacial score (nSPS) is 17.9. The molecule has 0 aromatic heterocycles. The van der Waals surface area contributed by atoms with E-state index in [1.807, 2.05) is 0 Å². The van der Waals surface area contributed by atoms with Gasteiger partial charge < -0.3 is 5.32 Å². The Morgan fingerprint density at radius 2 is 1.95 bits per heavy atom. The predicted octanol–water partition coefficient (Wildman–Crippen LogP) is 3.51. The minimum Gasteiger partial charge on any atom is -0.308 e. The maximum atomic E-state index is 3.56. The van der Waals surface area contributed by atoms with E-state index < -0.39 is 0 Å². The lowest BCUT2D eigenvalue weighted by Crippen LogP contribution is -2.35. The fraction of sp³-hybridized carbons (Fsp3) is 0.647. The number of hydrogen-bond donors (Lipinski definition) is 1. The van der Waals surface area contributed by atoms with E-state index in [2.05, 4.69) is 67.0 Å². The van der Waals surface area contributed by atoms with Gasteiger partial charge in [0.1, 0.15) is 0 Å². The summed E-state index contributed by atoms with van der Waals surface area (Å²) in [4.78, 5) is 2.59. The molecule has 112 valence electrons. The highest BCUT2D eigenvalue weighted by Crippen LogP contribution is 2.14. The fourth-order valence-corrected chi connectivity index (χ4v) is 3.34. The standard InChI is InChI=1S/C17H28N2S/c1-17(2,3)18-13-15-6-4-7-16(12-15)14-19-8-5-10-20-11-9-19/h4,6-7,12,18H,5,8-11,13-14H2,1-3H3. The van der Waals surface area contributed by atoms with E-state index in [9.17, 15) is 0 Å². The van der Waals surface area contributed by atoms with Gasteiger partial charge in [-0.2, -0.15) is 11.8 Å². The van der Waals surface area contributed by atoms with E-state index in [1.165, 1.54) is 42.1 Å². The first kappa shape index (κ1) is 15.9. The molecular weight excluding hydrogens is 264 g/mol. The van der Waals surface area contributed by atoms with E-state index in [4.69, 9.17) is 0 Å². The minimum atomic E-state index is 0.179. The summed E-state index contributed by atoms with van der Waals surface area (Å²) in [5, 5.41) is 3.56. The van der Waals surface area contributed by atoms with Crippen LogP contribution in [-0.4, -0.2) is 35.0 Å². The van der Waals surface area contributed by atoms with Crippen LogP contribution in [0.5, 0.6) is 0 Å². The average molecular weight is 292 g/mol. The molecule has 0 unspecified atom stereocenters. The van der Waals surface area contributed by atoms with Crippen LogP contribution in [0.15, 0.2) is 24.3 Å². The fourth-order valence-electron chi connectivity index (χ4n) is 2.42. The van der Waals surface area contributed by atoms with Crippen molar-refractivity contribution in [3.8, 4) is 0 Å². The second-order valence-electron chi connectivity index (χ2n) is 6.67. The zero-order valence-electron chi connectivity index (χ0n) is 13.1. The monoisotopic (exact) mass is 292 g/mol. The number of nitrogens with one attached hydrogen (secondary N) is 1. The van der Waals surface area contributed by atoms with Gasteiger partial charge in [-0.05, 0) is 50.6 Å². The van der Waals surface area contributed by atoms with E-state index in [0.717, 1.165) is 13.1 Å². The SMILES string of the molecule is CC(C)(C)NCc1cccc(CN2CCCSCC2)c1. The largest absolute Gasteiger partial charge is 0.308 e. The number of hydrogen-bond acceptors (Lipinski definition) is 3. The Hall–Kier alpha value is -0.510. The second-order valence-corrected chi connectivity index (χ2v) is 7.89. The Labute approximate surface area is 128 Å². The van der Waals surface area contributed by atoms with Crippen molar-refractivity contribution in [2.45, 2.75) is 45.8 Å². The highest BCUT2D eigenvalue weighted by molar-refractivity contribution is 7.99. The van der Waals surface area contributed by atoms with Crippen molar-refractivity contribution in [3.05, 3.63) is 35.4 Å². The molecule has 1 heterocycles. The summed E-state index contributed by atoms with van der Waals surface area (Å²) in [5.41, 5.74) is 3.02. The summed E-state index contributed by atoms with van der Waals surface area (Å²) in [6.07, 6.45) is 1.33. The zero-order valence-corrected chi connectivity index (χ0v) is 13.9. The van der Waals surface area contributed by atoms with Gasteiger partial charge in [0.05, 0.1) is 0 Å². The molecule has 1 saturated heterocycles. The van der Waals surface area contributed by atoms with Crippen molar-refractivity contribution in [2.24, 2.45) is 0 Å². The van der Waals surface area contributed by atoms with Crippen LogP contribution in [0.2, 0.25) is 0 Å². The van der Waals surface area contributed by atoms with Crippen LogP contribution in [0, 0.1) is 0 Å². The first-order chi connectivity index (χ1) is 9.53. The van der Waals surface area contributed by atoms with Crippen LogP contribution in [-0.2, 0) is 13.1 Å². The van der Waals surface area contributed by atoms with Crippen LogP contribution >= 0.6 is 11.8 Å². The number of thioether (sulfide) groups is 1. The van der Waals surface area contributed by atoms with Crippen LogP contribution in [0.3, 0.4) is 0 Å². The Balaban J connectivity index is 1.91. The lowest BCUT2D eigenvalue weighted by molar-refractivity contribution is 0.287. The van der Waals surface area contributed by atoms with Gasteiger partial charge in [0.15, 0.2) is 0 Å². The van der Waals surface area contributed by atoms with Crippen molar-refractivity contribution in [1.82, 2.24) is 10.2 Å². The summed E-state index contributed by atoms with van der Waals surface area (Å²) in [7, 11) is 0. The number of nitrogens with zero attached hydrogens (tertiary/aromatic N) is 1. The third-order valence-electron chi connectivity index (χ3n) is 3.54. The van der Waals surface area contributed by atoms with Gasteiger partial charge in [0.2, 0.25) is 0 Å². The molecule has 0 amide bonds. The topological polar surface area (TPSA) is 15.3 Å². The highest BCUT2D eigenvalue weighted by Gasteiger charge is 2.11. The van der Waals surface area contributed by atoms with Crippen LogP contribution in [0.4, 0.5) is 0 Å². The molecule has 1 N–H and O–H groups in total. The first-order valence-corrected chi connectivity index (χ1v) is 8.81. The molecule has 1 aromatic rings. The van der Waals surface area contributed by atoms with E-state index in [0.29, 0.717) is 0 Å². The summed E-state index contributed by atoms with van der Waals surface area (Å²) in [5.74, 6) is 2.61. The molecule has 0 aliphatic carbocycles. The third-order valence-corrected chi connectivity index (χ3v) is 4.58. The molecule has 1 aromatic carbocycles. The van der Waals surface area contributed by atoms with Gasteiger partial charge in [-0.25, -0.2) is 0 Å². The number of benzene rings is 1. The summed E-state index contributed by atoms with van der Waals surface area (Å²) in [6, 6.07) is 9.04. The predicted molar refractivity (Wildman–Crippen MR) is 90.3 cm³/mol. The summed E-state index contributed by atoms with van der Waals surface area (Å²) >= 11 is 2.09. The maximum absolute atomic E-state index is 3.56. The lowest BCUT2D eigenvalue weighted by Gasteiger charge is -2.22. The van der Waals surface area contributed by atoms with Crippen molar-refractivity contribution < 1.29 is 0 Å². The molecular formula is C17H28N2S. The molecule has 2 nitrogen and oxygen atoms in total. The summed E-state index contributed by atoms with van der Waals surface area (Å²) < 4.78 is 0. The average Bonchev–Trinajstić information content (AvgIpc) is 2.65. The van der Waals surface area contributed by atoms with Crippen LogP contribution in [0.25, 0.3) is 0 Å². The molecule has 3 heteroatoms. The van der Waals surface area contributed by atoms with Crippen molar-refractivity contribution in [3.63, 3.8) is 0 Å². The van der Waals surface area contributed by atoms with Gasteiger partial charge >= 0.3 is 0 Å². The highest BCUT2D eigenvalue weighted by atomic mass is 32.2. The lowest BCUT2D eigenvalue weighted by atomic mass is 10.1. The van der Waals surface area contributed by atoms with Crippen molar-refractivity contribution >= 4 is 11.8 Å². The molecule has 0 atom stereocenters. The molecule has 0 saturated carbocycles. The molecule has 1 aliphatic rings. The smallest absolute Gasteiger partial charge is 0.0234 e. The van der Waals surface area contributed by atoms with Crippen LogP contribution in [0.1, 0.15) is 38.3 Å².